The standard InChI is InChI=1S/C14H23N3O2/c1-14(2)9-16-13(18)12(5-6-15)17(10-14)8-11-4-3-7-19-11/h11-12H,3-5,7-10H2,1-2H3,(H,16,18). The highest BCUT2D eigenvalue weighted by molar-refractivity contribution is 5.82. The van der Waals surface area contributed by atoms with Crippen molar-refractivity contribution < 1.29 is 9.53 Å². The van der Waals surface area contributed by atoms with Crippen LogP contribution in [0.25, 0.3) is 0 Å². The van der Waals surface area contributed by atoms with Crippen LogP contribution in [0.4, 0.5) is 0 Å². The molecule has 2 atom stereocenters. The molecule has 2 fully saturated rings. The third-order valence-electron chi connectivity index (χ3n) is 3.86. The van der Waals surface area contributed by atoms with Gasteiger partial charge in [0.05, 0.1) is 18.6 Å². The normalized spacial score (nSPS) is 31.5. The Morgan fingerprint density at radius 2 is 2.37 bits per heavy atom. The zero-order chi connectivity index (χ0) is 13.9. The number of rotatable bonds is 3. The summed E-state index contributed by atoms with van der Waals surface area (Å²) in [5.74, 6) is -0.0230. The van der Waals surface area contributed by atoms with Crippen molar-refractivity contribution in [1.82, 2.24) is 10.2 Å². The minimum absolute atomic E-state index is 0.0230. The van der Waals surface area contributed by atoms with Crippen molar-refractivity contribution in [2.75, 3.05) is 26.2 Å². The summed E-state index contributed by atoms with van der Waals surface area (Å²) >= 11 is 0. The SMILES string of the molecule is CC1(C)CNC(=O)C(CC#N)N(CC2CCCO2)C1. The minimum atomic E-state index is -0.337. The van der Waals surface area contributed by atoms with Crippen molar-refractivity contribution in [2.24, 2.45) is 5.41 Å². The van der Waals surface area contributed by atoms with Crippen LogP contribution in [-0.4, -0.2) is 49.2 Å². The molecule has 0 aromatic rings. The molecule has 2 rings (SSSR count). The molecule has 1 N–H and O–H groups in total. The molecule has 0 aromatic heterocycles. The Bertz CT molecular complexity index is 369. The van der Waals surface area contributed by atoms with E-state index in [9.17, 15) is 4.79 Å². The lowest BCUT2D eigenvalue weighted by Crippen LogP contribution is -2.47. The first kappa shape index (κ1) is 14.3. The van der Waals surface area contributed by atoms with Crippen LogP contribution in [0.2, 0.25) is 0 Å². The molecule has 2 heterocycles. The van der Waals surface area contributed by atoms with Gasteiger partial charge in [0.2, 0.25) is 5.91 Å². The molecule has 0 aromatic carbocycles. The summed E-state index contributed by atoms with van der Waals surface area (Å²) < 4.78 is 5.67. The fraction of sp³-hybridized carbons (Fsp3) is 0.857. The van der Waals surface area contributed by atoms with Gasteiger partial charge in [-0.3, -0.25) is 9.69 Å². The maximum Gasteiger partial charge on any atom is 0.238 e. The van der Waals surface area contributed by atoms with Gasteiger partial charge >= 0.3 is 0 Å². The number of hydrogen-bond donors (Lipinski definition) is 1. The van der Waals surface area contributed by atoms with Crippen molar-refractivity contribution in [3.05, 3.63) is 0 Å². The summed E-state index contributed by atoms with van der Waals surface area (Å²) in [4.78, 5) is 14.3. The van der Waals surface area contributed by atoms with Crippen molar-refractivity contribution in [1.29, 1.82) is 5.26 Å². The average Bonchev–Trinajstić information content (AvgIpc) is 2.81. The fourth-order valence-corrected chi connectivity index (χ4v) is 2.88. The van der Waals surface area contributed by atoms with E-state index in [0.717, 1.165) is 32.5 Å². The van der Waals surface area contributed by atoms with Crippen LogP contribution < -0.4 is 5.32 Å². The van der Waals surface area contributed by atoms with Crippen LogP contribution in [0.5, 0.6) is 0 Å². The lowest BCUT2D eigenvalue weighted by atomic mass is 9.93. The van der Waals surface area contributed by atoms with Crippen molar-refractivity contribution in [3.63, 3.8) is 0 Å². The summed E-state index contributed by atoms with van der Waals surface area (Å²) in [7, 11) is 0. The van der Waals surface area contributed by atoms with Gasteiger partial charge in [0.15, 0.2) is 0 Å². The highest BCUT2D eigenvalue weighted by Crippen LogP contribution is 2.24. The van der Waals surface area contributed by atoms with E-state index in [1.165, 1.54) is 0 Å². The molecule has 5 heteroatoms. The Morgan fingerprint density at radius 3 is 3.00 bits per heavy atom. The van der Waals surface area contributed by atoms with Crippen molar-refractivity contribution >= 4 is 5.91 Å². The number of nitriles is 1. The van der Waals surface area contributed by atoms with E-state index in [0.29, 0.717) is 6.54 Å². The first-order valence-electron chi connectivity index (χ1n) is 7.02. The van der Waals surface area contributed by atoms with E-state index in [4.69, 9.17) is 10.00 Å². The predicted molar refractivity (Wildman–Crippen MR) is 71.4 cm³/mol. The Kier molecular flexibility index (Phi) is 4.43. The highest BCUT2D eigenvalue weighted by atomic mass is 16.5. The lowest BCUT2D eigenvalue weighted by molar-refractivity contribution is -0.125. The quantitative estimate of drug-likeness (QED) is 0.823. The minimum Gasteiger partial charge on any atom is -0.377 e. The molecule has 5 nitrogen and oxygen atoms in total. The first-order valence-corrected chi connectivity index (χ1v) is 7.02. The van der Waals surface area contributed by atoms with Gasteiger partial charge in [-0.15, -0.1) is 0 Å². The largest absolute Gasteiger partial charge is 0.377 e. The maximum atomic E-state index is 12.1. The molecular weight excluding hydrogens is 242 g/mol. The molecule has 2 unspecified atom stereocenters. The molecule has 0 aliphatic carbocycles. The molecule has 2 aliphatic heterocycles. The second kappa shape index (κ2) is 5.89. The third kappa shape index (κ3) is 3.68. The zero-order valence-corrected chi connectivity index (χ0v) is 11.8. The Morgan fingerprint density at radius 1 is 1.58 bits per heavy atom. The van der Waals surface area contributed by atoms with Crippen LogP contribution in [0.1, 0.15) is 33.1 Å². The van der Waals surface area contributed by atoms with Crippen LogP contribution in [0, 0.1) is 16.7 Å². The van der Waals surface area contributed by atoms with Crippen molar-refractivity contribution in [3.8, 4) is 6.07 Å². The summed E-state index contributed by atoms with van der Waals surface area (Å²) in [5.41, 5.74) is 0.0263. The maximum absolute atomic E-state index is 12.1. The van der Waals surface area contributed by atoms with E-state index in [1.807, 2.05) is 0 Å². The molecule has 19 heavy (non-hydrogen) atoms. The van der Waals surface area contributed by atoms with Crippen LogP contribution in [0.15, 0.2) is 0 Å². The lowest BCUT2D eigenvalue weighted by Gasteiger charge is -2.33. The third-order valence-corrected chi connectivity index (χ3v) is 3.86. The molecule has 0 radical (unpaired) electrons. The number of carbonyl (C=O) groups is 1. The number of ether oxygens (including phenoxy) is 1. The number of nitrogens with zero attached hydrogens (tertiary/aromatic N) is 2. The monoisotopic (exact) mass is 265 g/mol. The van der Waals surface area contributed by atoms with Gasteiger partial charge in [-0.25, -0.2) is 0 Å². The van der Waals surface area contributed by atoms with Gasteiger partial charge in [0.1, 0.15) is 6.04 Å². The second-order valence-electron chi connectivity index (χ2n) is 6.32. The first-order chi connectivity index (χ1) is 9.02. The Labute approximate surface area is 114 Å². The van der Waals surface area contributed by atoms with E-state index in [1.54, 1.807) is 0 Å². The van der Waals surface area contributed by atoms with Gasteiger partial charge in [0, 0.05) is 26.2 Å². The Hall–Kier alpha value is -1.12. The Balaban J connectivity index is 2.11. The number of carbonyl (C=O) groups excluding carboxylic acids is 1. The molecule has 0 bridgehead atoms. The van der Waals surface area contributed by atoms with Gasteiger partial charge in [-0.2, -0.15) is 5.26 Å². The van der Waals surface area contributed by atoms with Gasteiger partial charge in [-0.05, 0) is 18.3 Å². The van der Waals surface area contributed by atoms with Crippen molar-refractivity contribution in [2.45, 2.75) is 45.3 Å². The van der Waals surface area contributed by atoms with Gasteiger partial charge in [0.25, 0.3) is 0 Å². The molecule has 106 valence electrons. The summed E-state index contributed by atoms with van der Waals surface area (Å²) in [6.45, 7) is 7.34. The predicted octanol–water partition coefficient (Wildman–Crippen LogP) is 0.906. The van der Waals surface area contributed by atoms with Gasteiger partial charge < -0.3 is 10.1 Å². The summed E-state index contributed by atoms with van der Waals surface area (Å²) in [6, 6.07) is 1.80. The van der Waals surface area contributed by atoms with E-state index < -0.39 is 0 Å². The number of amides is 1. The number of nitrogens with one attached hydrogen (secondary N) is 1. The second-order valence-corrected chi connectivity index (χ2v) is 6.32. The van der Waals surface area contributed by atoms with Crippen LogP contribution in [-0.2, 0) is 9.53 Å². The van der Waals surface area contributed by atoms with E-state index in [2.05, 4.69) is 30.1 Å². The zero-order valence-electron chi connectivity index (χ0n) is 11.8. The molecule has 0 saturated carbocycles. The van der Waals surface area contributed by atoms with Crippen LogP contribution >= 0.6 is 0 Å². The smallest absolute Gasteiger partial charge is 0.238 e. The molecule has 1 amide bonds. The average molecular weight is 265 g/mol. The number of hydrogen-bond acceptors (Lipinski definition) is 4. The molecule has 2 aliphatic rings. The molecular formula is C14H23N3O2. The van der Waals surface area contributed by atoms with Crippen LogP contribution in [0.3, 0.4) is 0 Å². The van der Waals surface area contributed by atoms with Gasteiger partial charge in [-0.1, -0.05) is 13.8 Å². The highest BCUT2D eigenvalue weighted by Gasteiger charge is 2.36. The molecule has 2 saturated heterocycles. The molecule has 0 spiro atoms. The topological polar surface area (TPSA) is 65.4 Å². The van der Waals surface area contributed by atoms with E-state index >= 15 is 0 Å². The van der Waals surface area contributed by atoms with E-state index in [-0.39, 0.29) is 29.9 Å². The fourth-order valence-electron chi connectivity index (χ4n) is 2.88. The summed E-state index contributed by atoms with van der Waals surface area (Å²) in [6.07, 6.45) is 2.60. The summed E-state index contributed by atoms with van der Waals surface area (Å²) in [5, 5.41) is 11.9.